The van der Waals surface area contributed by atoms with Crippen LogP contribution in [0.1, 0.15) is 16.7 Å². The molecule has 0 aliphatic heterocycles. The van der Waals surface area contributed by atoms with E-state index in [1.165, 1.54) is 18.2 Å². The molecule has 2 rings (SSSR count). The Hall–Kier alpha value is -2.41. The van der Waals surface area contributed by atoms with Gasteiger partial charge in [-0.2, -0.15) is 0 Å². The van der Waals surface area contributed by atoms with Crippen LogP contribution in [-0.4, -0.2) is 13.3 Å². The van der Waals surface area contributed by atoms with Crippen LogP contribution >= 0.6 is 0 Å². The van der Waals surface area contributed by atoms with Gasteiger partial charge in [-0.25, -0.2) is 8.42 Å². The molecule has 0 aliphatic carbocycles. The predicted octanol–water partition coefficient (Wildman–Crippen LogP) is 3.32. The molecule has 7 heteroatoms. The summed E-state index contributed by atoms with van der Waals surface area (Å²) in [6.45, 7) is 5.26. The zero-order valence-corrected chi connectivity index (χ0v) is 13.3. The van der Waals surface area contributed by atoms with Gasteiger partial charge in [0, 0.05) is 6.07 Å². The molecule has 2 aromatic rings. The van der Waals surface area contributed by atoms with Gasteiger partial charge in [0.1, 0.15) is 5.69 Å². The van der Waals surface area contributed by atoms with Gasteiger partial charge >= 0.3 is 0 Å². The second-order valence-electron chi connectivity index (χ2n) is 5.08. The maximum absolute atomic E-state index is 12.4. The van der Waals surface area contributed by atoms with Crippen LogP contribution in [0.2, 0.25) is 0 Å². The summed E-state index contributed by atoms with van der Waals surface area (Å²) in [5.41, 5.74) is 1.97. The smallest absolute Gasteiger partial charge is 0.273 e. The Morgan fingerprint density at radius 2 is 1.59 bits per heavy atom. The fourth-order valence-corrected chi connectivity index (χ4v) is 3.13. The van der Waals surface area contributed by atoms with Crippen molar-refractivity contribution in [1.29, 1.82) is 0 Å². The van der Waals surface area contributed by atoms with E-state index < -0.39 is 14.9 Å². The number of nitrogens with one attached hydrogen (secondary N) is 1. The van der Waals surface area contributed by atoms with Crippen molar-refractivity contribution >= 4 is 21.4 Å². The number of benzene rings is 2. The van der Waals surface area contributed by atoms with Crippen LogP contribution in [0.5, 0.6) is 0 Å². The van der Waals surface area contributed by atoms with Crippen molar-refractivity contribution in [2.24, 2.45) is 0 Å². The summed E-state index contributed by atoms with van der Waals surface area (Å²) in [7, 11) is -3.88. The highest BCUT2D eigenvalue weighted by molar-refractivity contribution is 7.92. The molecule has 22 heavy (non-hydrogen) atoms. The van der Waals surface area contributed by atoms with Gasteiger partial charge in [0.25, 0.3) is 15.7 Å². The van der Waals surface area contributed by atoms with Crippen LogP contribution in [0.15, 0.2) is 41.3 Å². The molecule has 0 heterocycles. The van der Waals surface area contributed by atoms with Gasteiger partial charge in [-0.3, -0.25) is 14.8 Å². The molecule has 1 N–H and O–H groups in total. The molecule has 0 amide bonds. The molecule has 6 nitrogen and oxygen atoms in total. The molecule has 0 unspecified atom stereocenters. The largest absolute Gasteiger partial charge is 0.293 e. The Kier molecular flexibility index (Phi) is 4.18. The third-order valence-corrected chi connectivity index (χ3v) is 4.84. The highest BCUT2D eigenvalue weighted by atomic mass is 32.2. The van der Waals surface area contributed by atoms with Crippen LogP contribution in [0.3, 0.4) is 0 Å². The molecule has 0 fully saturated rings. The van der Waals surface area contributed by atoms with Gasteiger partial charge in [0.15, 0.2) is 0 Å². The highest BCUT2D eigenvalue weighted by Crippen LogP contribution is 2.32. The second-order valence-corrected chi connectivity index (χ2v) is 6.76. The summed E-state index contributed by atoms with van der Waals surface area (Å²) in [4.78, 5) is 10.6. The standard InChI is InChI=1S/C15H16N2O4S/c1-10-4-7-13(8-5-10)22(20,21)16-15-12(3)11(2)6-9-14(15)17(18)19/h4-9,16H,1-3H3. The van der Waals surface area contributed by atoms with Crippen molar-refractivity contribution in [1.82, 2.24) is 0 Å². The number of sulfonamides is 1. The lowest BCUT2D eigenvalue weighted by molar-refractivity contribution is -0.383. The van der Waals surface area contributed by atoms with Crippen molar-refractivity contribution in [3.05, 3.63) is 63.2 Å². The molecule has 0 atom stereocenters. The van der Waals surface area contributed by atoms with Crippen LogP contribution in [-0.2, 0) is 10.0 Å². The van der Waals surface area contributed by atoms with Crippen molar-refractivity contribution in [2.75, 3.05) is 4.72 Å². The molecular weight excluding hydrogens is 304 g/mol. The SMILES string of the molecule is Cc1ccc(S(=O)(=O)Nc2c([N+](=O)[O-])ccc(C)c2C)cc1. The number of rotatable bonds is 4. The van der Waals surface area contributed by atoms with Crippen LogP contribution < -0.4 is 4.72 Å². The van der Waals surface area contributed by atoms with Crippen molar-refractivity contribution in [3.8, 4) is 0 Å². The molecule has 0 aliphatic rings. The third kappa shape index (κ3) is 3.09. The molecule has 2 aromatic carbocycles. The normalized spacial score (nSPS) is 11.2. The van der Waals surface area contributed by atoms with Crippen molar-refractivity contribution in [3.63, 3.8) is 0 Å². The number of nitrogens with zero attached hydrogens (tertiary/aromatic N) is 1. The first kappa shape index (κ1) is 16.0. The van der Waals surface area contributed by atoms with E-state index >= 15 is 0 Å². The first-order valence-corrected chi connectivity index (χ1v) is 8.05. The minimum Gasteiger partial charge on any atom is -0.273 e. The number of hydrogen-bond acceptors (Lipinski definition) is 4. The first-order valence-electron chi connectivity index (χ1n) is 6.56. The Labute approximate surface area is 129 Å². The number of anilines is 1. The zero-order chi connectivity index (χ0) is 16.5. The molecule has 0 saturated heterocycles. The molecule has 0 radical (unpaired) electrons. The van der Waals surface area contributed by atoms with Crippen molar-refractivity contribution in [2.45, 2.75) is 25.7 Å². The maximum Gasteiger partial charge on any atom is 0.293 e. The number of nitro benzene ring substituents is 1. The van der Waals surface area contributed by atoms with E-state index in [0.29, 0.717) is 5.56 Å². The van der Waals surface area contributed by atoms with Gasteiger partial charge in [-0.05, 0) is 44.0 Å². The van der Waals surface area contributed by atoms with Crippen molar-refractivity contribution < 1.29 is 13.3 Å². The number of aryl methyl sites for hydroxylation is 2. The summed E-state index contributed by atoms with van der Waals surface area (Å²) in [5, 5.41) is 11.1. The lowest BCUT2D eigenvalue weighted by Crippen LogP contribution is -2.15. The molecule has 0 spiro atoms. The Bertz CT molecular complexity index is 827. The van der Waals surface area contributed by atoms with Gasteiger partial charge in [-0.1, -0.05) is 23.8 Å². The van der Waals surface area contributed by atoms with E-state index in [1.807, 2.05) is 6.92 Å². The Morgan fingerprint density at radius 1 is 1.00 bits per heavy atom. The van der Waals surface area contributed by atoms with E-state index in [1.54, 1.807) is 32.0 Å². The summed E-state index contributed by atoms with van der Waals surface area (Å²) in [6, 6.07) is 9.17. The maximum atomic E-state index is 12.4. The third-order valence-electron chi connectivity index (χ3n) is 3.48. The van der Waals surface area contributed by atoms with Crippen LogP contribution in [0, 0.1) is 30.9 Å². The Balaban J connectivity index is 2.52. The lowest BCUT2D eigenvalue weighted by Gasteiger charge is -2.12. The quantitative estimate of drug-likeness (QED) is 0.691. The topological polar surface area (TPSA) is 89.3 Å². The van der Waals surface area contributed by atoms with Crippen LogP contribution in [0.4, 0.5) is 11.4 Å². The van der Waals surface area contributed by atoms with Gasteiger partial charge in [-0.15, -0.1) is 0 Å². The molecule has 0 bridgehead atoms. The predicted molar refractivity (Wildman–Crippen MR) is 84.6 cm³/mol. The number of nitro groups is 1. The lowest BCUT2D eigenvalue weighted by atomic mass is 10.1. The van der Waals surface area contributed by atoms with E-state index in [4.69, 9.17) is 0 Å². The van der Waals surface area contributed by atoms with E-state index in [0.717, 1.165) is 11.1 Å². The monoisotopic (exact) mass is 320 g/mol. The average molecular weight is 320 g/mol. The molecular formula is C15H16N2O4S. The minimum absolute atomic E-state index is 0.00516. The van der Waals surface area contributed by atoms with Gasteiger partial charge in [0.05, 0.1) is 9.82 Å². The van der Waals surface area contributed by atoms with E-state index in [2.05, 4.69) is 4.72 Å². The molecule has 0 saturated carbocycles. The average Bonchev–Trinajstić information content (AvgIpc) is 2.44. The fourth-order valence-electron chi connectivity index (χ4n) is 1.99. The number of hydrogen-bond donors (Lipinski definition) is 1. The van der Waals surface area contributed by atoms with Crippen LogP contribution in [0.25, 0.3) is 0 Å². The molecule has 0 aromatic heterocycles. The summed E-state index contributed by atoms with van der Waals surface area (Å²) < 4.78 is 27.2. The first-order chi connectivity index (χ1) is 10.2. The minimum atomic E-state index is -3.88. The van der Waals surface area contributed by atoms with E-state index in [-0.39, 0.29) is 16.3 Å². The second kappa shape index (κ2) is 5.76. The summed E-state index contributed by atoms with van der Waals surface area (Å²) >= 11 is 0. The zero-order valence-electron chi connectivity index (χ0n) is 12.5. The summed E-state index contributed by atoms with van der Waals surface area (Å²) in [5.74, 6) is 0. The fraction of sp³-hybridized carbons (Fsp3) is 0.200. The highest BCUT2D eigenvalue weighted by Gasteiger charge is 2.23. The molecule has 116 valence electrons. The van der Waals surface area contributed by atoms with Gasteiger partial charge in [0.2, 0.25) is 0 Å². The Morgan fingerprint density at radius 3 is 2.14 bits per heavy atom. The van der Waals surface area contributed by atoms with E-state index in [9.17, 15) is 18.5 Å². The summed E-state index contributed by atoms with van der Waals surface area (Å²) in [6.07, 6.45) is 0. The van der Waals surface area contributed by atoms with Gasteiger partial charge < -0.3 is 0 Å².